The summed E-state index contributed by atoms with van der Waals surface area (Å²) in [6, 6.07) is 8.15. The summed E-state index contributed by atoms with van der Waals surface area (Å²) >= 11 is 1.43. The molecule has 1 aromatic heterocycles. The minimum absolute atomic E-state index is 0.162. The number of aromatic amines is 1. The largest absolute Gasteiger partial charge is 0.342 e. The molecule has 5 nitrogen and oxygen atoms in total. The van der Waals surface area contributed by atoms with Gasteiger partial charge in [0, 0.05) is 18.7 Å². The van der Waals surface area contributed by atoms with Crippen LogP contribution in [0.25, 0.3) is 11.4 Å². The number of amides is 1. The third-order valence-electron chi connectivity index (χ3n) is 4.34. The number of hydrogen-bond acceptors (Lipinski definition) is 4. The van der Waals surface area contributed by atoms with Crippen molar-refractivity contribution in [3.05, 3.63) is 29.8 Å². The van der Waals surface area contributed by atoms with E-state index in [1.54, 1.807) is 0 Å². The molecule has 1 amide bonds. The van der Waals surface area contributed by atoms with E-state index < -0.39 is 0 Å². The Morgan fingerprint density at radius 3 is 2.50 bits per heavy atom. The summed E-state index contributed by atoms with van der Waals surface area (Å²) in [6.45, 7) is 5.76. The average Bonchev–Trinajstić information content (AvgIpc) is 2.88. The zero-order chi connectivity index (χ0) is 16.9. The Labute approximate surface area is 147 Å². The van der Waals surface area contributed by atoms with E-state index in [0.29, 0.717) is 5.16 Å². The maximum Gasteiger partial charge on any atom is 0.235 e. The molecule has 1 aliphatic heterocycles. The molecule has 0 saturated carbocycles. The van der Waals surface area contributed by atoms with Gasteiger partial charge in [-0.1, -0.05) is 54.4 Å². The molecule has 6 heteroatoms. The second kappa shape index (κ2) is 7.83. The van der Waals surface area contributed by atoms with E-state index in [1.807, 2.05) is 24.0 Å². The van der Waals surface area contributed by atoms with Crippen molar-refractivity contribution in [2.24, 2.45) is 0 Å². The lowest BCUT2D eigenvalue weighted by Crippen LogP contribution is -2.37. The zero-order valence-corrected chi connectivity index (χ0v) is 15.1. The van der Waals surface area contributed by atoms with Crippen LogP contribution in [0.15, 0.2) is 29.4 Å². The molecule has 1 fully saturated rings. The Balaban J connectivity index is 1.63. The van der Waals surface area contributed by atoms with Crippen molar-refractivity contribution < 1.29 is 4.79 Å². The van der Waals surface area contributed by atoms with Gasteiger partial charge < -0.3 is 4.90 Å². The van der Waals surface area contributed by atoms with Gasteiger partial charge in [0.15, 0.2) is 5.82 Å². The number of nitrogens with one attached hydrogen (secondary N) is 1. The van der Waals surface area contributed by atoms with Gasteiger partial charge in [-0.05, 0) is 26.7 Å². The second-order valence-corrected chi connectivity index (χ2v) is 7.64. The Bertz CT molecular complexity index is 675. The highest BCUT2D eigenvalue weighted by atomic mass is 32.2. The van der Waals surface area contributed by atoms with Crippen LogP contribution in [0.2, 0.25) is 0 Å². The van der Waals surface area contributed by atoms with Gasteiger partial charge >= 0.3 is 0 Å². The lowest BCUT2D eigenvalue weighted by Gasteiger charge is -2.23. The number of nitrogens with zero attached hydrogens (tertiary/aromatic N) is 3. The topological polar surface area (TPSA) is 61.9 Å². The number of thioether (sulfide) groups is 1. The van der Waals surface area contributed by atoms with Crippen molar-refractivity contribution in [1.82, 2.24) is 20.1 Å². The van der Waals surface area contributed by atoms with Gasteiger partial charge in [-0.25, -0.2) is 4.98 Å². The van der Waals surface area contributed by atoms with Gasteiger partial charge in [-0.2, -0.15) is 0 Å². The third kappa shape index (κ3) is 4.17. The standard InChI is InChI=1S/C18H24N4OS/c1-13-7-9-15(10-8-13)16-19-18(21-20-16)24-14(2)17(23)22-11-5-3-4-6-12-22/h7-10,14H,3-6,11-12H2,1-2H3,(H,19,20,21)/t14-/m1/s1. The summed E-state index contributed by atoms with van der Waals surface area (Å²) in [5.41, 5.74) is 2.22. The lowest BCUT2D eigenvalue weighted by molar-refractivity contribution is -0.130. The van der Waals surface area contributed by atoms with Crippen molar-refractivity contribution >= 4 is 17.7 Å². The number of aromatic nitrogens is 3. The van der Waals surface area contributed by atoms with E-state index >= 15 is 0 Å². The molecule has 2 heterocycles. The number of carbonyl (C=O) groups is 1. The highest BCUT2D eigenvalue weighted by Crippen LogP contribution is 2.24. The van der Waals surface area contributed by atoms with Crippen molar-refractivity contribution in [2.45, 2.75) is 49.9 Å². The number of carbonyl (C=O) groups excluding carboxylic acids is 1. The molecule has 0 radical (unpaired) electrons. The maximum atomic E-state index is 12.6. The van der Waals surface area contributed by atoms with Gasteiger partial charge in [0.1, 0.15) is 0 Å². The van der Waals surface area contributed by atoms with Crippen molar-refractivity contribution in [3.63, 3.8) is 0 Å². The minimum Gasteiger partial charge on any atom is -0.342 e. The number of H-pyrrole nitrogens is 1. The Hall–Kier alpha value is -1.82. The van der Waals surface area contributed by atoms with Crippen LogP contribution in [0.5, 0.6) is 0 Å². The summed E-state index contributed by atoms with van der Waals surface area (Å²) in [5, 5.41) is 7.69. The van der Waals surface area contributed by atoms with E-state index in [-0.39, 0.29) is 11.2 Å². The molecule has 0 bridgehead atoms. The minimum atomic E-state index is -0.162. The first-order chi connectivity index (χ1) is 11.6. The van der Waals surface area contributed by atoms with Crippen LogP contribution < -0.4 is 0 Å². The predicted octanol–water partition coefficient (Wildman–Crippen LogP) is 3.66. The van der Waals surface area contributed by atoms with Crippen LogP contribution in [-0.4, -0.2) is 44.3 Å². The number of likely N-dealkylation sites (tertiary alicyclic amines) is 1. The van der Waals surface area contributed by atoms with Gasteiger partial charge in [0.2, 0.25) is 11.1 Å². The van der Waals surface area contributed by atoms with Crippen molar-refractivity contribution in [1.29, 1.82) is 0 Å². The molecule has 24 heavy (non-hydrogen) atoms. The second-order valence-electron chi connectivity index (χ2n) is 6.33. The Morgan fingerprint density at radius 1 is 1.17 bits per heavy atom. The number of hydrogen-bond donors (Lipinski definition) is 1. The van der Waals surface area contributed by atoms with Gasteiger partial charge in [0.05, 0.1) is 5.25 Å². The molecule has 128 valence electrons. The fourth-order valence-electron chi connectivity index (χ4n) is 2.90. The third-order valence-corrected chi connectivity index (χ3v) is 5.29. The van der Waals surface area contributed by atoms with Crippen LogP contribution in [0.4, 0.5) is 0 Å². The molecule has 3 rings (SSSR count). The van der Waals surface area contributed by atoms with E-state index in [0.717, 1.165) is 37.3 Å². The summed E-state index contributed by atoms with van der Waals surface area (Å²) in [5.74, 6) is 0.940. The van der Waals surface area contributed by atoms with Crippen LogP contribution in [0, 0.1) is 6.92 Å². The van der Waals surface area contributed by atoms with Crippen LogP contribution in [0.1, 0.15) is 38.2 Å². The first-order valence-corrected chi connectivity index (χ1v) is 9.46. The fourth-order valence-corrected chi connectivity index (χ4v) is 3.70. The first-order valence-electron chi connectivity index (χ1n) is 8.58. The molecule has 1 N–H and O–H groups in total. The molecular weight excluding hydrogens is 320 g/mol. The van der Waals surface area contributed by atoms with Gasteiger partial charge in [0.25, 0.3) is 0 Å². The quantitative estimate of drug-likeness (QED) is 0.860. The van der Waals surface area contributed by atoms with E-state index in [9.17, 15) is 4.79 Å². The molecule has 1 aromatic carbocycles. The van der Waals surface area contributed by atoms with E-state index in [4.69, 9.17) is 0 Å². The molecule has 0 spiro atoms. The van der Waals surface area contributed by atoms with Crippen LogP contribution in [0.3, 0.4) is 0 Å². The SMILES string of the molecule is Cc1ccc(-c2nc(S[C@H](C)C(=O)N3CCCCCC3)n[nH]2)cc1. The first kappa shape index (κ1) is 17.0. The molecule has 1 saturated heterocycles. The maximum absolute atomic E-state index is 12.6. The van der Waals surface area contributed by atoms with Gasteiger partial charge in [-0.15, -0.1) is 5.10 Å². The smallest absolute Gasteiger partial charge is 0.235 e. The Kier molecular flexibility index (Phi) is 5.56. The van der Waals surface area contributed by atoms with Crippen LogP contribution >= 0.6 is 11.8 Å². The van der Waals surface area contributed by atoms with Crippen LogP contribution in [-0.2, 0) is 4.79 Å². The number of benzene rings is 1. The van der Waals surface area contributed by atoms with Crippen molar-refractivity contribution in [3.8, 4) is 11.4 Å². The number of aryl methyl sites for hydroxylation is 1. The highest BCUT2D eigenvalue weighted by molar-refractivity contribution is 8.00. The fraction of sp³-hybridized carbons (Fsp3) is 0.500. The molecule has 2 aromatic rings. The predicted molar refractivity (Wildman–Crippen MR) is 96.9 cm³/mol. The molecular formula is C18H24N4OS. The van der Waals surface area contributed by atoms with E-state index in [2.05, 4.69) is 34.2 Å². The summed E-state index contributed by atoms with van der Waals surface area (Å²) in [7, 11) is 0. The monoisotopic (exact) mass is 344 g/mol. The Morgan fingerprint density at radius 2 is 1.83 bits per heavy atom. The summed E-state index contributed by atoms with van der Waals surface area (Å²) in [6.07, 6.45) is 4.68. The normalized spacial score (nSPS) is 16.7. The summed E-state index contributed by atoms with van der Waals surface area (Å²) in [4.78, 5) is 19.1. The average molecular weight is 344 g/mol. The molecule has 0 unspecified atom stereocenters. The van der Waals surface area contributed by atoms with Gasteiger partial charge in [-0.3, -0.25) is 9.89 Å². The molecule has 1 aliphatic rings. The lowest BCUT2D eigenvalue weighted by atomic mass is 10.1. The molecule has 1 atom stereocenters. The van der Waals surface area contributed by atoms with E-state index in [1.165, 1.54) is 30.2 Å². The number of rotatable bonds is 4. The van der Waals surface area contributed by atoms with Crippen molar-refractivity contribution in [2.75, 3.05) is 13.1 Å². The zero-order valence-electron chi connectivity index (χ0n) is 14.3. The molecule has 0 aliphatic carbocycles. The summed E-state index contributed by atoms with van der Waals surface area (Å²) < 4.78 is 0. The highest BCUT2D eigenvalue weighted by Gasteiger charge is 2.23.